The van der Waals surface area contributed by atoms with Crippen molar-refractivity contribution in [2.24, 2.45) is 0 Å². The van der Waals surface area contributed by atoms with Gasteiger partial charge in [0.15, 0.2) is 0 Å². The molecule has 0 heterocycles. The lowest BCUT2D eigenvalue weighted by Gasteiger charge is -2.23. The van der Waals surface area contributed by atoms with Crippen LogP contribution in [0.4, 0.5) is 5.69 Å². The quantitative estimate of drug-likeness (QED) is 0.418. The number of nitrogens with zero attached hydrogens (tertiary/aromatic N) is 1. The third kappa shape index (κ3) is 5.85. The first kappa shape index (κ1) is 24.2. The van der Waals surface area contributed by atoms with Crippen molar-refractivity contribution in [3.8, 4) is 0 Å². The predicted octanol–water partition coefficient (Wildman–Crippen LogP) is 5.71. The minimum Gasteiger partial charge on any atom is -0.324 e. The normalized spacial score (nSPS) is 11.7. The summed E-state index contributed by atoms with van der Waals surface area (Å²) in [6, 6.07) is 21.6. The van der Waals surface area contributed by atoms with E-state index in [0.717, 1.165) is 26.9 Å². The topological polar surface area (TPSA) is 66.5 Å². The fourth-order valence-electron chi connectivity index (χ4n) is 3.45. The summed E-state index contributed by atoms with van der Waals surface area (Å²) in [4.78, 5) is 13.2. The Morgan fingerprint density at radius 2 is 1.62 bits per heavy atom. The first-order chi connectivity index (χ1) is 15.2. The molecule has 0 aliphatic heterocycles. The van der Waals surface area contributed by atoms with E-state index in [4.69, 9.17) is 0 Å². The molecule has 0 radical (unpaired) electrons. The van der Waals surface area contributed by atoms with Gasteiger partial charge in [0.05, 0.1) is 11.4 Å². The van der Waals surface area contributed by atoms with Gasteiger partial charge in [-0.15, -0.1) is 0 Å². The number of para-hydroxylation sites is 1. The van der Waals surface area contributed by atoms with Gasteiger partial charge < -0.3 is 5.32 Å². The highest BCUT2D eigenvalue weighted by atomic mass is 79.9. The van der Waals surface area contributed by atoms with E-state index in [0.29, 0.717) is 0 Å². The SMILES string of the molecule is Cc1cccc(C(C)C)c1NC(=O)CN(Cc1ccccc1)S(=O)(=O)c1ccc(Br)cc1. The smallest absolute Gasteiger partial charge is 0.243 e. The number of carbonyl (C=O) groups is 1. The standard InChI is InChI=1S/C25H27BrN2O3S/c1-18(2)23-11-7-8-19(3)25(23)27-24(29)17-28(16-20-9-5-4-6-10-20)32(30,31)22-14-12-21(26)13-15-22/h4-15,18H,16-17H2,1-3H3,(H,27,29). The minimum atomic E-state index is -3.89. The minimum absolute atomic E-state index is 0.0947. The summed E-state index contributed by atoms with van der Waals surface area (Å²) in [5.74, 6) is -0.157. The van der Waals surface area contributed by atoms with Crippen LogP contribution in [0.25, 0.3) is 0 Å². The molecule has 0 spiro atoms. The van der Waals surface area contributed by atoms with Gasteiger partial charge in [-0.1, -0.05) is 78.3 Å². The van der Waals surface area contributed by atoms with Crippen molar-refractivity contribution < 1.29 is 13.2 Å². The zero-order valence-electron chi connectivity index (χ0n) is 18.4. The maximum absolute atomic E-state index is 13.4. The largest absolute Gasteiger partial charge is 0.324 e. The number of rotatable bonds is 8. The van der Waals surface area contributed by atoms with Crippen LogP contribution in [0, 0.1) is 6.92 Å². The first-order valence-corrected chi connectivity index (χ1v) is 12.6. The fourth-order valence-corrected chi connectivity index (χ4v) is 5.10. The molecule has 0 saturated carbocycles. The summed E-state index contributed by atoms with van der Waals surface area (Å²) in [6.45, 7) is 5.85. The fraction of sp³-hybridized carbons (Fsp3) is 0.240. The lowest BCUT2D eigenvalue weighted by Crippen LogP contribution is -2.37. The number of aryl methyl sites for hydroxylation is 1. The molecule has 0 saturated heterocycles. The van der Waals surface area contributed by atoms with Crippen molar-refractivity contribution >= 4 is 37.5 Å². The highest BCUT2D eigenvalue weighted by Crippen LogP contribution is 2.28. The molecule has 0 aliphatic carbocycles. The lowest BCUT2D eigenvalue weighted by molar-refractivity contribution is -0.116. The van der Waals surface area contributed by atoms with Crippen LogP contribution in [0.3, 0.4) is 0 Å². The Morgan fingerprint density at radius 3 is 2.25 bits per heavy atom. The lowest BCUT2D eigenvalue weighted by atomic mass is 9.98. The molecule has 0 aromatic heterocycles. The number of carbonyl (C=O) groups excluding carboxylic acids is 1. The van der Waals surface area contributed by atoms with Gasteiger partial charge in [0, 0.05) is 16.7 Å². The van der Waals surface area contributed by atoms with Crippen molar-refractivity contribution in [3.63, 3.8) is 0 Å². The molecule has 3 aromatic carbocycles. The van der Waals surface area contributed by atoms with Gasteiger partial charge in [-0.2, -0.15) is 4.31 Å². The zero-order valence-corrected chi connectivity index (χ0v) is 20.8. The maximum atomic E-state index is 13.4. The van der Waals surface area contributed by atoms with E-state index in [1.54, 1.807) is 12.1 Å². The second kappa shape index (κ2) is 10.4. The van der Waals surface area contributed by atoms with Gasteiger partial charge >= 0.3 is 0 Å². The Bertz CT molecular complexity index is 1180. The van der Waals surface area contributed by atoms with Gasteiger partial charge in [-0.3, -0.25) is 4.79 Å². The number of anilines is 1. The van der Waals surface area contributed by atoms with E-state index >= 15 is 0 Å². The molecule has 3 rings (SSSR count). The van der Waals surface area contributed by atoms with Gasteiger partial charge in [0.25, 0.3) is 0 Å². The number of hydrogen-bond acceptors (Lipinski definition) is 3. The molecular formula is C25H27BrN2O3S. The van der Waals surface area contributed by atoms with Crippen molar-refractivity contribution in [1.29, 1.82) is 0 Å². The number of benzene rings is 3. The predicted molar refractivity (Wildman–Crippen MR) is 132 cm³/mol. The Labute approximate surface area is 198 Å². The summed E-state index contributed by atoms with van der Waals surface area (Å²) in [7, 11) is -3.89. The molecule has 0 unspecified atom stereocenters. The average Bonchev–Trinajstić information content (AvgIpc) is 2.75. The highest BCUT2D eigenvalue weighted by molar-refractivity contribution is 9.10. The number of sulfonamides is 1. The molecular weight excluding hydrogens is 488 g/mol. The molecule has 0 bridgehead atoms. The summed E-state index contributed by atoms with van der Waals surface area (Å²) < 4.78 is 28.8. The first-order valence-electron chi connectivity index (χ1n) is 10.4. The number of nitrogens with one attached hydrogen (secondary N) is 1. The van der Waals surface area contributed by atoms with Crippen molar-refractivity contribution in [2.75, 3.05) is 11.9 Å². The molecule has 32 heavy (non-hydrogen) atoms. The zero-order chi connectivity index (χ0) is 23.3. The number of amides is 1. The van der Waals surface area contributed by atoms with Crippen LogP contribution in [-0.2, 0) is 21.4 Å². The van der Waals surface area contributed by atoms with Gasteiger partial charge in [-0.25, -0.2) is 8.42 Å². The number of hydrogen-bond donors (Lipinski definition) is 1. The van der Waals surface area contributed by atoms with Gasteiger partial charge in [0.1, 0.15) is 0 Å². The molecule has 7 heteroatoms. The van der Waals surface area contributed by atoms with Crippen molar-refractivity contribution in [2.45, 2.75) is 38.1 Å². The van der Waals surface area contributed by atoms with Gasteiger partial charge in [-0.05, 0) is 53.8 Å². The summed E-state index contributed by atoms with van der Waals surface area (Å²) in [5, 5.41) is 2.96. The van der Waals surface area contributed by atoms with Crippen LogP contribution < -0.4 is 5.32 Å². The maximum Gasteiger partial charge on any atom is 0.243 e. The molecule has 0 aliphatic rings. The Morgan fingerprint density at radius 1 is 0.969 bits per heavy atom. The molecule has 0 fully saturated rings. The molecule has 168 valence electrons. The average molecular weight is 515 g/mol. The van der Waals surface area contributed by atoms with Crippen LogP contribution in [0.2, 0.25) is 0 Å². The summed E-state index contributed by atoms with van der Waals surface area (Å²) >= 11 is 3.33. The molecule has 1 N–H and O–H groups in total. The summed E-state index contributed by atoms with van der Waals surface area (Å²) in [5.41, 5.74) is 3.51. The van der Waals surface area contributed by atoms with Crippen LogP contribution in [0.1, 0.15) is 36.5 Å². The Hall–Kier alpha value is -2.48. The van der Waals surface area contributed by atoms with E-state index in [1.807, 2.05) is 55.5 Å². The Balaban J connectivity index is 1.91. The Kier molecular flexibility index (Phi) is 7.87. The monoisotopic (exact) mass is 514 g/mol. The number of halogens is 1. The van der Waals surface area contributed by atoms with Crippen LogP contribution >= 0.6 is 15.9 Å². The van der Waals surface area contributed by atoms with Crippen LogP contribution in [0.5, 0.6) is 0 Å². The third-order valence-corrected chi connectivity index (χ3v) is 7.50. The molecule has 3 aromatic rings. The molecule has 5 nitrogen and oxygen atoms in total. The van der Waals surface area contributed by atoms with E-state index in [1.165, 1.54) is 16.4 Å². The van der Waals surface area contributed by atoms with E-state index in [9.17, 15) is 13.2 Å². The van der Waals surface area contributed by atoms with Crippen LogP contribution in [0.15, 0.2) is 82.2 Å². The van der Waals surface area contributed by atoms with E-state index < -0.39 is 10.0 Å². The van der Waals surface area contributed by atoms with Crippen molar-refractivity contribution in [1.82, 2.24) is 4.31 Å². The highest BCUT2D eigenvalue weighted by Gasteiger charge is 2.27. The van der Waals surface area contributed by atoms with Gasteiger partial charge in [0.2, 0.25) is 15.9 Å². The summed E-state index contributed by atoms with van der Waals surface area (Å²) in [6.07, 6.45) is 0. The molecule has 1 amide bonds. The van der Waals surface area contributed by atoms with Crippen LogP contribution in [-0.4, -0.2) is 25.2 Å². The second-order valence-electron chi connectivity index (χ2n) is 7.95. The second-order valence-corrected chi connectivity index (χ2v) is 10.8. The van der Waals surface area contributed by atoms with Crippen molar-refractivity contribution in [3.05, 3.63) is 94.0 Å². The van der Waals surface area contributed by atoms with E-state index in [-0.39, 0.29) is 29.8 Å². The third-order valence-electron chi connectivity index (χ3n) is 5.16. The molecule has 0 atom stereocenters. The van der Waals surface area contributed by atoms with E-state index in [2.05, 4.69) is 35.1 Å².